The van der Waals surface area contributed by atoms with Crippen LogP contribution in [0.25, 0.3) is 11.1 Å². The number of aryl methyl sites for hydroxylation is 1. The van der Waals surface area contributed by atoms with Gasteiger partial charge in [-0.2, -0.15) is 13.2 Å². The van der Waals surface area contributed by atoms with Crippen molar-refractivity contribution < 1.29 is 42.1 Å². The zero-order valence-corrected chi connectivity index (χ0v) is 21.3. The fourth-order valence-corrected chi connectivity index (χ4v) is 4.18. The van der Waals surface area contributed by atoms with Gasteiger partial charge in [0.05, 0.1) is 10.6 Å². The molecule has 0 bridgehead atoms. The van der Waals surface area contributed by atoms with Crippen LogP contribution in [0.4, 0.5) is 13.2 Å². The fraction of sp³-hybridized carbons (Fsp3) is 0.286. The van der Waals surface area contributed by atoms with Crippen LogP contribution in [-0.4, -0.2) is 55.1 Å². The minimum absolute atomic E-state index is 0.0789. The van der Waals surface area contributed by atoms with Gasteiger partial charge >= 0.3 is 18.1 Å². The number of aliphatic hydroxyl groups excluding tert-OH is 1. The van der Waals surface area contributed by atoms with E-state index < -0.39 is 24.2 Å². The number of halogens is 4. The summed E-state index contributed by atoms with van der Waals surface area (Å²) in [6.07, 6.45) is -4.53. The maximum Gasteiger partial charge on any atom is 0.491 e. The van der Waals surface area contributed by atoms with Crippen molar-refractivity contribution in [2.24, 2.45) is 0 Å². The second kappa shape index (κ2) is 12.5. The summed E-state index contributed by atoms with van der Waals surface area (Å²) in [7, 11) is 0. The first-order valence-electron chi connectivity index (χ1n) is 12.1. The molecule has 0 aliphatic carbocycles. The molecule has 1 aliphatic rings. The van der Waals surface area contributed by atoms with Gasteiger partial charge in [-0.1, -0.05) is 41.9 Å². The molecule has 4 rings (SSSR count). The van der Waals surface area contributed by atoms with Crippen LogP contribution >= 0.6 is 11.6 Å². The lowest BCUT2D eigenvalue weighted by Crippen LogP contribution is -2.39. The van der Waals surface area contributed by atoms with Crippen LogP contribution in [-0.2, 0) is 16.0 Å². The van der Waals surface area contributed by atoms with E-state index in [4.69, 9.17) is 21.1 Å². The molecule has 2 atom stereocenters. The number of ether oxygens (including phenoxy) is 3. The highest BCUT2D eigenvalue weighted by Gasteiger charge is 2.42. The standard InChI is InChI=1S/C28H25ClF3NO6/c29-23-3-1-2-4-25(23)37-16-21(34)14-33-15-22-11-9-20-13-19(10-12-24(20)38-22)17-5-7-18(8-6-17)26(35)39-27(36)28(30,31)32/h1-8,10,12-13,21-22,33-34H,9,11,14-16H2/t21?,22-/m1/s1. The van der Waals surface area contributed by atoms with E-state index in [9.17, 15) is 27.9 Å². The van der Waals surface area contributed by atoms with E-state index in [2.05, 4.69) is 10.1 Å². The molecule has 39 heavy (non-hydrogen) atoms. The van der Waals surface area contributed by atoms with Crippen LogP contribution < -0.4 is 14.8 Å². The Kier molecular flexibility index (Phi) is 9.11. The number of hydrogen-bond donors (Lipinski definition) is 2. The molecule has 0 saturated carbocycles. The van der Waals surface area contributed by atoms with Crippen molar-refractivity contribution >= 4 is 23.5 Å². The highest BCUT2D eigenvalue weighted by atomic mass is 35.5. The van der Waals surface area contributed by atoms with Crippen molar-refractivity contribution in [1.29, 1.82) is 0 Å². The molecule has 0 fully saturated rings. The minimum atomic E-state index is -5.25. The maximum atomic E-state index is 12.3. The van der Waals surface area contributed by atoms with E-state index in [0.29, 0.717) is 23.9 Å². The van der Waals surface area contributed by atoms with Crippen molar-refractivity contribution in [3.8, 4) is 22.6 Å². The van der Waals surface area contributed by atoms with Gasteiger partial charge in [0.2, 0.25) is 0 Å². The summed E-state index contributed by atoms with van der Waals surface area (Å²) in [5, 5.41) is 13.9. The second-order valence-corrected chi connectivity index (χ2v) is 9.31. The predicted molar refractivity (Wildman–Crippen MR) is 137 cm³/mol. The molecule has 0 saturated heterocycles. The second-order valence-electron chi connectivity index (χ2n) is 8.91. The number of alkyl halides is 3. The van der Waals surface area contributed by atoms with Gasteiger partial charge < -0.3 is 24.6 Å². The first-order valence-corrected chi connectivity index (χ1v) is 12.5. The van der Waals surface area contributed by atoms with E-state index in [-0.39, 0.29) is 18.3 Å². The largest absolute Gasteiger partial charge is 0.491 e. The van der Waals surface area contributed by atoms with Gasteiger partial charge in [0.1, 0.15) is 30.3 Å². The Morgan fingerprint density at radius 3 is 2.51 bits per heavy atom. The van der Waals surface area contributed by atoms with Crippen LogP contribution in [0, 0.1) is 0 Å². The number of aliphatic hydroxyl groups is 1. The molecule has 11 heteroatoms. The molecule has 3 aromatic rings. The number of esters is 2. The summed E-state index contributed by atoms with van der Waals surface area (Å²) in [6, 6.07) is 18.4. The van der Waals surface area contributed by atoms with Crippen LogP contribution in [0.2, 0.25) is 5.02 Å². The Labute approximate surface area is 227 Å². The van der Waals surface area contributed by atoms with E-state index in [1.165, 1.54) is 12.1 Å². The number of carbonyl (C=O) groups is 2. The lowest BCUT2D eigenvalue weighted by atomic mass is 9.96. The lowest BCUT2D eigenvalue weighted by Gasteiger charge is -2.27. The van der Waals surface area contributed by atoms with Gasteiger partial charge in [-0.25, -0.2) is 9.59 Å². The summed E-state index contributed by atoms with van der Waals surface area (Å²) in [5.74, 6) is -2.67. The molecule has 1 heterocycles. The van der Waals surface area contributed by atoms with E-state index in [1.807, 2.05) is 18.2 Å². The number of para-hydroxylation sites is 1. The normalized spacial score (nSPS) is 15.6. The summed E-state index contributed by atoms with van der Waals surface area (Å²) in [6.45, 7) is 0.963. The molecule has 0 radical (unpaired) electrons. The maximum absolute atomic E-state index is 12.3. The topological polar surface area (TPSA) is 94.1 Å². The van der Waals surface area contributed by atoms with Gasteiger partial charge in [-0.15, -0.1) is 0 Å². The predicted octanol–water partition coefficient (Wildman–Crippen LogP) is 4.98. The summed E-state index contributed by atoms with van der Waals surface area (Å²) in [4.78, 5) is 22.7. The third-order valence-corrected chi connectivity index (χ3v) is 6.29. The molecular weight excluding hydrogens is 539 g/mol. The number of carbonyl (C=O) groups excluding carboxylic acids is 2. The number of nitrogens with one attached hydrogen (secondary N) is 1. The fourth-order valence-electron chi connectivity index (χ4n) is 3.99. The number of hydrogen-bond acceptors (Lipinski definition) is 7. The Bertz CT molecular complexity index is 1320. The van der Waals surface area contributed by atoms with Gasteiger partial charge in [0, 0.05) is 13.1 Å². The molecule has 3 aromatic carbocycles. The zero-order valence-electron chi connectivity index (χ0n) is 20.5. The molecule has 0 amide bonds. The molecule has 206 valence electrons. The molecule has 0 aromatic heterocycles. The Morgan fingerprint density at radius 2 is 1.79 bits per heavy atom. The zero-order chi connectivity index (χ0) is 28.0. The molecular formula is C28H25ClF3NO6. The van der Waals surface area contributed by atoms with Crippen LogP contribution in [0.1, 0.15) is 22.3 Å². The lowest BCUT2D eigenvalue weighted by molar-refractivity contribution is -0.193. The quantitative estimate of drug-likeness (QED) is 0.280. The van der Waals surface area contributed by atoms with Crippen molar-refractivity contribution in [1.82, 2.24) is 5.32 Å². The Hall–Kier alpha value is -3.60. The van der Waals surface area contributed by atoms with Gasteiger partial charge in [0.15, 0.2) is 0 Å². The number of benzene rings is 3. The molecule has 2 N–H and O–H groups in total. The first-order chi connectivity index (χ1) is 18.6. The highest BCUT2D eigenvalue weighted by molar-refractivity contribution is 6.32. The third kappa shape index (κ3) is 7.72. The van der Waals surface area contributed by atoms with Crippen molar-refractivity contribution in [3.05, 3.63) is 82.9 Å². The summed E-state index contributed by atoms with van der Waals surface area (Å²) >= 11 is 6.05. The third-order valence-electron chi connectivity index (χ3n) is 5.98. The summed E-state index contributed by atoms with van der Waals surface area (Å²) in [5.41, 5.74) is 2.39. The van der Waals surface area contributed by atoms with Gasteiger partial charge in [0.25, 0.3) is 0 Å². The van der Waals surface area contributed by atoms with E-state index in [0.717, 1.165) is 35.3 Å². The molecule has 0 spiro atoms. The average molecular weight is 564 g/mol. The summed E-state index contributed by atoms with van der Waals surface area (Å²) < 4.78 is 52.4. The van der Waals surface area contributed by atoms with Crippen LogP contribution in [0.15, 0.2) is 66.7 Å². The van der Waals surface area contributed by atoms with Gasteiger partial charge in [-0.05, 0) is 65.9 Å². The van der Waals surface area contributed by atoms with Crippen LogP contribution in [0.5, 0.6) is 11.5 Å². The van der Waals surface area contributed by atoms with Crippen molar-refractivity contribution in [2.75, 3.05) is 19.7 Å². The highest BCUT2D eigenvalue weighted by Crippen LogP contribution is 2.32. The van der Waals surface area contributed by atoms with E-state index in [1.54, 1.807) is 36.4 Å². The smallest absolute Gasteiger partial charge is 0.489 e. The molecule has 7 nitrogen and oxygen atoms in total. The Morgan fingerprint density at radius 1 is 1.08 bits per heavy atom. The number of rotatable bonds is 9. The monoisotopic (exact) mass is 563 g/mol. The SMILES string of the molecule is O=C(OC(=O)C(F)(F)F)c1ccc(-c2ccc3c(c2)CC[C@H](CNCC(O)COc2ccccc2Cl)O3)cc1. The Balaban J connectivity index is 1.26. The minimum Gasteiger partial charge on any atom is -0.489 e. The van der Waals surface area contributed by atoms with Crippen molar-refractivity contribution in [2.45, 2.75) is 31.2 Å². The first kappa shape index (κ1) is 28.4. The van der Waals surface area contributed by atoms with Crippen molar-refractivity contribution in [3.63, 3.8) is 0 Å². The molecule has 1 aliphatic heterocycles. The number of fused-ring (bicyclic) bond motifs is 1. The molecule has 1 unspecified atom stereocenters. The van der Waals surface area contributed by atoms with E-state index >= 15 is 0 Å². The van der Waals surface area contributed by atoms with Crippen LogP contribution in [0.3, 0.4) is 0 Å². The van der Waals surface area contributed by atoms with Gasteiger partial charge in [-0.3, -0.25) is 0 Å². The average Bonchev–Trinajstić information content (AvgIpc) is 2.92.